The van der Waals surface area contributed by atoms with Gasteiger partial charge in [-0.05, 0) is 19.2 Å². The van der Waals surface area contributed by atoms with Gasteiger partial charge in [-0.1, -0.05) is 11.8 Å². The lowest BCUT2D eigenvalue weighted by atomic mass is 10.2. The Morgan fingerprint density at radius 1 is 1.67 bits per heavy atom. The molecule has 0 amide bonds. The molecule has 4 nitrogen and oxygen atoms in total. The van der Waals surface area contributed by atoms with E-state index < -0.39 is 5.97 Å². The second kappa shape index (κ2) is 5.78. The summed E-state index contributed by atoms with van der Waals surface area (Å²) in [6, 6.07) is 3.33. The summed E-state index contributed by atoms with van der Waals surface area (Å²) in [7, 11) is 1.84. The van der Waals surface area contributed by atoms with Crippen LogP contribution in [0.2, 0.25) is 0 Å². The molecule has 0 atom stereocenters. The molecule has 15 heavy (non-hydrogen) atoms. The Balaban J connectivity index is 2.83. The molecule has 0 aromatic carbocycles. The highest BCUT2D eigenvalue weighted by molar-refractivity contribution is 5.88. The molecule has 0 unspecified atom stereocenters. The van der Waals surface area contributed by atoms with E-state index in [9.17, 15) is 4.79 Å². The molecule has 1 heterocycles. The summed E-state index contributed by atoms with van der Waals surface area (Å²) in [4.78, 5) is 14.5. The number of nitrogens with zero attached hydrogens (tertiary/aromatic N) is 1. The fraction of sp³-hybridized carbons (Fsp3) is 0.273. The van der Waals surface area contributed by atoms with Crippen molar-refractivity contribution < 1.29 is 9.90 Å². The van der Waals surface area contributed by atoms with Gasteiger partial charge in [-0.25, -0.2) is 9.78 Å². The molecule has 1 aromatic rings. The Morgan fingerprint density at radius 2 is 2.47 bits per heavy atom. The average Bonchev–Trinajstić information content (AvgIpc) is 2.25. The topological polar surface area (TPSA) is 62.2 Å². The van der Waals surface area contributed by atoms with Gasteiger partial charge in [-0.3, -0.25) is 0 Å². The Bertz CT molecular complexity index is 405. The molecular weight excluding hydrogens is 192 g/mol. The van der Waals surface area contributed by atoms with Crippen LogP contribution >= 0.6 is 0 Å². The first kappa shape index (κ1) is 11.2. The number of hydrogen-bond acceptors (Lipinski definition) is 3. The lowest BCUT2D eigenvalue weighted by molar-refractivity contribution is 0.0690. The van der Waals surface area contributed by atoms with Crippen molar-refractivity contribution in [2.45, 2.75) is 6.42 Å². The second-order valence-corrected chi connectivity index (χ2v) is 2.86. The average molecular weight is 204 g/mol. The zero-order valence-corrected chi connectivity index (χ0v) is 8.45. The molecule has 4 heteroatoms. The monoisotopic (exact) mass is 204 g/mol. The van der Waals surface area contributed by atoms with Gasteiger partial charge in [0.1, 0.15) is 0 Å². The smallest absolute Gasteiger partial charge is 0.355 e. The first-order chi connectivity index (χ1) is 7.25. The molecule has 0 radical (unpaired) electrons. The lowest BCUT2D eigenvalue weighted by Gasteiger charge is -1.95. The maximum atomic E-state index is 10.8. The highest BCUT2D eigenvalue weighted by Gasteiger charge is 2.07. The van der Waals surface area contributed by atoms with Crippen molar-refractivity contribution in [2.24, 2.45) is 0 Å². The molecule has 0 saturated carbocycles. The molecule has 0 aliphatic heterocycles. The highest BCUT2D eigenvalue weighted by Crippen LogP contribution is 2.02. The van der Waals surface area contributed by atoms with Crippen molar-refractivity contribution in [3.8, 4) is 11.8 Å². The van der Waals surface area contributed by atoms with Crippen molar-refractivity contribution >= 4 is 5.97 Å². The largest absolute Gasteiger partial charge is 0.476 e. The van der Waals surface area contributed by atoms with Gasteiger partial charge in [0.25, 0.3) is 0 Å². The van der Waals surface area contributed by atoms with E-state index in [4.69, 9.17) is 5.11 Å². The molecule has 78 valence electrons. The maximum absolute atomic E-state index is 10.8. The van der Waals surface area contributed by atoms with Crippen LogP contribution in [0.15, 0.2) is 18.3 Å². The number of hydrogen-bond donors (Lipinski definition) is 2. The van der Waals surface area contributed by atoms with Crippen molar-refractivity contribution in [3.05, 3.63) is 29.6 Å². The Hall–Kier alpha value is -1.86. The van der Waals surface area contributed by atoms with Gasteiger partial charge in [0, 0.05) is 19.2 Å². The van der Waals surface area contributed by atoms with E-state index in [1.165, 1.54) is 6.20 Å². The summed E-state index contributed by atoms with van der Waals surface area (Å²) < 4.78 is 0. The summed E-state index contributed by atoms with van der Waals surface area (Å²) in [6.07, 6.45) is 2.13. The molecule has 0 aliphatic rings. The van der Waals surface area contributed by atoms with Crippen LogP contribution < -0.4 is 5.32 Å². The van der Waals surface area contributed by atoms with Crippen molar-refractivity contribution in [1.82, 2.24) is 10.3 Å². The number of aromatic carboxylic acids is 1. The van der Waals surface area contributed by atoms with Crippen LogP contribution in [0.3, 0.4) is 0 Å². The first-order valence-corrected chi connectivity index (χ1v) is 4.57. The zero-order valence-electron chi connectivity index (χ0n) is 8.45. The molecule has 0 spiro atoms. The first-order valence-electron chi connectivity index (χ1n) is 4.57. The van der Waals surface area contributed by atoms with Crippen molar-refractivity contribution in [3.63, 3.8) is 0 Å². The van der Waals surface area contributed by atoms with Crippen LogP contribution in [0.1, 0.15) is 22.5 Å². The van der Waals surface area contributed by atoms with Crippen LogP contribution in [-0.2, 0) is 0 Å². The van der Waals surface area contributed by atoms with E-state index >= 15 is 0 Å². The number of rotatable bonds is 3. The van der Waals surface area contributed by atoms with Crippen LogP contribution in [-0.4, -0.2) is 29.7 Å². The summed E-state index contributed by atoms with van der Waals surface area (Å²) in [6.45, 7) is 0.787. The van der Waals surface area contributed by atoms with Crippen molar-refractivity contribution in [1.29, 1.82) is 0 Å². The molecule has 0 fully saturated rings. The number of carboxylic acid groups (broad SMARTS) is 1. The lowest BCUT2D eigenvalue weighted by Crippen LogP contribution is -2.06. The number of carbonyl (C=O) groups is 1. The third-order valence-electron chi connectivity index (χ3n) is 1.73. The summed E-state index contributed by atoms with van der Waals surface area (Å²) in [5.41, 5.74) is 0.468. The normalized spacial score (nSPS) is 9.13. The molecular formula is C11H12N2O2. The Labute approximate surface area is 88.3 Å². The van der Waals surface area contributed by atoms with Crippen LogP contribution in [0.4, 0.5) is 0 Å². The third kappa shape index (κ3) is 3.41. The van der Waals surface area contributed by atoms with Gasteiger partial charge in [0.05, 0.1) is 5.56 Å². The van der Waals surface area contributed by atoms with E-state index in [2.05, 4.69) is 22.1 Å². The quantitative estimate of drug-likeness (QED) is 0.563. The van der Waals surface area contributed by atoms with E-state index in [1.54, 1.807) is 12.1 Å². The van der Waals surface area contributed by atoms with Gasteiger partial charge < -0.3 is 10.4 Å². The van der Waals surface area contributed by atoms with E-state index in [0.717, 1.165) is 6.54 Å². The second-order valence-electron chi connectivity index (χ2n) is 2.86. The molecule has 0 aliphatic carbocycles. The maximum Gasteiger partial charge on any atom is 0.355 e. The molecule has 0 saturated heterocycles. The van der Waals surface area contributed by atoms with Gasteiger partial charge in [0.2, 0.25) is 0 Å². The van der Waals surface area contributed by atoms with Crippen LogP contribution in [0.5, 0.6) is 0 Å². The standard InChI is InChI=1S/C11H12N2O2/c1-12-7-3-2-5-9-6-4-8-13-10(9)11(14)15/h4,6,8,12H,3,7H2,1H3,(H,14,15). The Kier molecular flexibility index (Phi) is 4.32. The fourth-order valence-electron chi connectivity index (χ4n) is 1.02. The number of aromatic nitrogens is 1. The minimum atomic E-state index is -1.05. The SMILES string of the molecule is CNCCC#Cc1cccnc1C(=O)O. The van der Waals surface area contributed by atoms with E-state index in [-0.39, 0.29) is 5.69 Å². The zero-order chi connectivity index (χ0) is 11.1. The minimum absolute atomic E-state index is 0.00876. The van der Waals surface area contributed by atoms with Crippen LogP contribution in [0.25, 0.3) is 0 Å². The van der Waals surface area contributed by atoms with Crippen molar-refractivity contribution in [2.75, 3.05) is 13.6 Å². The minimum Gasteiger partial charge on any atom is -0.476 e. The highest BCUT2D eigenvalue weighted by atomic mass is 16.4. The molecule has 1 aromatic heterocycles. The van der Waals surface area contributed by atoms with Crippen LogP contribution in [0, 0.1) is 11.8 Å². The fourth-order valence-corrected chi connectivity index (χ4v) is 1.02. The molecule has 2 N–H and O–H groups in total. The van der Waals surface area contributed by atoms with Gasteiger partial charge in [-0.15, -0.1) is 0 Å². The number of nitrogens with one attached hydrogen (secondary N) is 1. The predicted molar refractivity (Wildman–Crippen MR) is 56.6 cm³/mol. The Morgan fingerprint density at radius 3 is 3.13 bits per heavy atom. The summed E-state index contributed by atoms with van der Waals surface area (Å²) in [5.74, 6) is 4.63. The predicted octanol–water partition coefficient (Wildman–Crippen LogP) is 0.741. The van der Waals surface area contributed by atoms with E-state index in [0.29, 0.717) is 12.0 Å². The van der Waals surface area contributed by atoms with Gasteiger partial charge in [-0.2, -0.15) is 0 Å². The summed E-state index contributed by atoms with van der Waals surface area (Å²) in [5, 5.41) is 11.8. The summed E-state index contributed by atoms with van der Waals surface area (Å²) >= 11 is 0. The van der Waals surface area contributed by atoms with Gasteiger partial charge >= 0.3 is 5.97 Å². The van der Waals surface area contributed by atoms with Gasteiger partial charge in [0.15, 0.2) is 5.69 Å². The third-order valence-corrected chi connectivity index (χ3v) is 1.73. The number of carboxylic acids is 1. The molecule has 0 bridgehead atoms. The number of pyridine rings is 1. The van der Waals surface area contributed by atoms with E-state index in [1.807, 2.05) is 7.05 Å². The molecule has 1 rings (SSSR count).